The molecular weight excluding hydrogens is 384 g/mol. The summed E-state index contributed by atoms with van der Waals surface area (Å²) in [6, 6.07) is 9.11. The molecule has 27 heavy (non-hydrogen) atoms. The lowest BCUT2D eigenvalue weighted by molar-refractivity contribution is -0.123. The van der Waals surface area contributed by atoms with E-state index in [4.69, 9.17) is 4.74 Å². The molecule has 0 atom stereocenters. The Morgan fingerprint density at radius 2 is 1.74 bits per heavy atom. The largest absolute Gasteiger partial charge is 0.484 e. The maximum absolute atomic E-state index is 12.5. The molecule has 0 aliphatic rings. The molecule has 0 radical (unpaired) electrons. The Labute approximate surface area is 165 Å². The highest BCUT2D eigenvalue weighted by Gasteiger charge is 2.23. The zero-order chi connectivity index (χ0) is 20.0. The van der Waals surface area contributed by atoms with Crippen LogP contribution in [0.4, 0.5) is 0 Å². The predicted octanol–water partition coefficient (Wildman–Crippen LogP) is 3.09. The Morgan fingerprint density at radius 1 is 1.11 bits per heavy atom. The second-order valence-corrected chi connectivity index (χ2v) is 9.53. The van der Waals surface area contributed by atoms with E-state index >= 15 is 0 Å². The van der Waals surface area contributed by atoms with Gasteiger partial charge in [0.15, 0.2) is 6.61 Å². The van der Waals surface area contributed by atoms with E-state index in [2.05, 4.69) is 5.32 Å². The summed E-state index contributed by atoms with van der Waals surface area (Å²) < 4.78 is 32.2. The lowest BCUT2D eigenvalue weighted by Gasteiger charge is -2.16. The molecule has 0 aliphatic heterocycles. The monoisotopic (exact) mass is 410 g/mol. The third-order valence-electron chi connectivity index (χ3n) is 3.96. The van der Waals surface area contributed by atoms with E-state index in [1.54, 1.807) is 12.1 Å². The molecule has 6 nitrogen and oxygen atoms in total. The number of carbonyl (C=O) groups is 1. The molecule has 1 N–H and O–H groups in total. The summed E-state index contributed by atoms with van der Waals surface area (Å²) in [6.07, 6.45) is 0. The third-order valence-corrected chi connectivity index (χ3v) is 7.56. The predicted molar refractivity (Wildman–Crippen MR) is 108 cm³/mol. The molecule has 0 aliphatic carbocycles. The highest BCUT2D eigenvalue weighted by Crippen LogP contribution is 2.24. The van der Waals surface area contributed by atoms with E-state index in [1.807, 2.05) is 45.9 Å². The van der Waals surface area contributed by atoms with E-state index in [0.717, 1.165) is 16.0 Å². The number of benzene rings is 1. The van der Waals surface area contributed by atoms with Gasteiger partial charge in [-0.2, -0.15) is 4.31 Å². The van der Waals surface area contributed by atoms with Crippen LogP contribution in [0.25, 0.3) is 0 Å². The van der Waals surface area contributed by atoms with Gasteiger partial charge in [-0.25, -0.2) is 8.42 Å². The highest BCUT2D eigenvalue weighted by molar-refractivity contribution is 7.91. The van der Waals surface area contributed by atoms with Crippen molar-refractivity contribution in [3.8, 4) is 5.75 Å². The molecule has 0 fully saturated rings. The topological polar surface area (TPSA) is 75.7 Å². The van der Waals surface area contributed by atoms with Crippen LogP contribution in [0.15, 0.2) is 34.5 Å². The van der Waals surface area contributed by atoms with Crippen molar-refractivity contribution in [2.75, 3.05) is 19.7 Å². The summed E-state index contributed by atoms with van der Waals surface area (Å²) >= 11 is 1.17. The van der Waals surface area contributed by atoms with Gasteiger partial charge < -0.3 is 10.1 Å². The molecule has 8 heteroatoms. The smallest absolute Gasteiger partial charge is 0.258 e. The first-order valence-electron chi connectivity index (χ1n) is 8.83. The minimum atomic E-state index is -3.46. The Kier molecular flexibility index (Phi) is 7.41. The van der Waals surface area contributed by atoms with Gasteiger partial charge in [0.25, 0.3) is 15.9 Å². The molecule has 2 aromatic rings. The van der Waals surface area contributed by atoms with Crippen LogP contribution < -0.4 is 10.1 Å². The first kappa shape index (κ1) is 21.4. The SMILES string of the molecule is CCN(CC)S(=O)(=O)c1ccc(CNC(=O)COc2cc(C)cc(C)c2)s1. The fourth-order valence-electron chi connectivity index (χ4n) is 2.68. The Balaban J connectivity index is 1.90. The first-order valence-corrected chi connectivity index (χ1v) is 11.1. The van der Waals surface area contributed by atoms with E-state index < -0.39 is 10.0 Å². The van der Waals surface area contributed by atoms with Crippen LogP contribution in [-0.4, -0.2) is 38.3 Å². The number of rotatable bonds is 9. The summed E-state index contributed by atoms with van der Waals surface area (Å²) in [5.74, 6) is 0.405. The number of thiophene rings is 1. The van der Waals surface area contributed by atoms with Crippen LogP contribution in [0.1, 0.15) is 29.9 Å². The number of carbonyl (C=O) groups excluding carboxylic acids is 1. The Hall–Kier alpha value is -1.90. The van der Waals surface area contributed by atoms with Crippen LogP contribution in [0.2, 0.25) is 0 Å². The van der Waals surface area contributed by atoms with Gasteiger partial charge in [0.1, 0.15) is 9.96 Å². The molecular formula is C19H26N2O4S2. The zero-order valence-corrected chi connectivity index (χ0v) is 17.7. The lowest BCUT2D eigenvalue weighted by Crippen LogP contribution is -2.30. The number of hydrogen-bond acceptors (Lipinski definition) is 5. The van der Waals surface area contributed by atoms with Crippen molar-refractivity contribution in [2.45, 2.75) is 38.4 Å². The van der Waals surface area contributed by atoms with Gasteiger partial charge in [0.05, 0.1) is 6.54 Å². The normalized spacial score (nSPS) is 11.6. The quantitative estimate of drug-likeness (QED) is 0.689. The van der Waals surface area contributed by atoms with Crippen molar-refractivity contribution in [2.24, 2.45) is 0 Å². The molecule has 1 amide bonds. The average molecular weight is 411 g/mol. The van der Waals surface area contributed by atoms with Crippen molar-refractivity contribution >= 4 is 27.3 Å². The second-order valence-electron chi connectivity index (χ2n) is 6.20. The number of amides is 1. The molecule has 148 valence electrons. The van der Waals surface area contributed by atoms with Gasteiger partial charge in [-0.05, 0) is 49.2 Å². The summed E-state index contributed by atoms with van der Waals surface area (Å²) in [5.41, 5.74) is 2.15. The number of nitrogens with zero attached hydrogens (tertiary/aromatic N) is 1. The summed E-state index contributed by atoms with van der Waals surface area (Å²) in [5, 5.41) is 2.76. The van der Waals surface area contributed by atoms with Crippen molar-refractivity contribution in [3.05, 3.63) is 46.3 Å². The fraction of sp³-hybridized carbons (Fsp3) is 0.421. The van der Waals surface area contributed by atoms with E-state index in [0.29, 0.717) is 23.0 Å². The van der Waals surface area contributed by atoms with Gasteiger partial charge in [-0.1, -0.05) is 19.9 Å². The van der Waals surface area contributed by atoms with Crippen molar-refractivity contribution in [1.82, 2.24) is 9.62 Å². The molecule has 0 unspecified atom stereocenters. The van der Waals surface area contributed by atoms with Crippen LogP contribution in [-0.2, 0) is 21.4 Å². The molecule has 0 saturated heterocycles. The van der Waals surface area contributed by atoms with E-state index in [9.17, 15) is 13.2 Å². The summed E-state index contributed by atoms with van der Waals surface area (Å²) in [6.45, 7) is 8.61. The molecule has 0 saturated carbocycles. The zero-order valence-electron chi connectivity index (χ0n) is 16.1. The van der Waals surface area contributed by atoms with Crippen LogP contribution in [0.5, 0.6) is 5.75 Å². The Morgan fingerprint density at radius 3 is 2.33 bits per heavy atom. The fourth-order valence-corrected chi connectivity index (χ4v) is 5.59. The minimum absolute atomic E-state index is 0.0845. The maximum Gasteiger partial charge on any atom is 0.258 e. The van der Waals surface area contributed by atoms with Gasteiger partial charge >= 0.3 is 0 Å². The number of sulfonamides is 1. The van der Waals surface area contributed by atoms with Gasteiger partial charge in [0.2, 0.25) is 0 Å². The van der Waals surface area contributed by atoms with Crippen molar-refractivity contribution in [1.29, 1.82) is 0 Å². The first-order chi connectivity index (χ1) is 12.8. The second kappa shape index (κ2) is 9.34. The van der Waals surface area contributed by atoms with E-state index in [1.165, 1.54) is 15.6 Å². The van der Waals surface area contributed by atoms with Gasteiger partial charge in [0, 0.05) is 18.0 Å². The molecule has 1 aromatic heterocycles. The lowest BCUT2D eigenvalue weighted by atomic mass is 10.1. The van der Waals surface area contributed by atoms with Crippen LogP contribution >= 0.6 is 11.3 Å². The Bertz CT molecular complexity index is 867. The third kappa shape index (κ3) is 5.79. The molecule has 1 aromatic carbocycles. The molecule has 0 spiro atoms. The molecule has 1 heterocycles. The molecule has 0 bridgehead atoms. The number of nitrogens with one attached hydrogen (secondary N) is 1. The number of aryl methyl sites for hydroxylation is 2. The average Bonchev–Trinajstić information content (AvgIpc) is 3.08. The molecule has 2 rings (SSSR count). The standard InChI is InChI=1S/C19H26N2O4S2/c1-5-21(6-2)27(23,24)19-8-7-17(26-19)12-20-18(22)13-25-16-10-14(3)9-15(4)11-16/h7-11H,5-6,12-13H2,1-4H3,(H,20,22). The van der Waals surface area contributed by atoms with Gasteiger partial charge in [-0.15, -0.1) is 11.3 Å². The summed E-state index contributed by atoms with van der Waals surface area (Å²) in [4.78, 5) is 12.8. The van der Waals surface area contributed by atoms with Crippen LogP contribution in [0.3, 0.4) is 0 Å². The number of hydrogen-bond donors (Lipinski definition) is 1. The minimum Gasteiger partial charge on any atom is -0.484 e. The highest BCUT2D eigenvalue weighted by atomic mass is 32.2. The van der Waals surface area contributed by atoms with Crippen molar-refractivity contribution in [3.63, 3.8) is 0 Å². The van der Waals surface area contributed by atoms with Crippen LogP contribution in [0, 0.1) is 13.8 Å². The van der Waals surface area contributed by atoms with E-state index in [-0.39, 0.29) is 19.1 Å². The summed E-state index contributed by atoms with van der Waals surface area (Å²) in [7, 11) is -3.46. The van der Waals surface area contributed by atoms with Crippen molar-refractivity contribution < 1.29 is 17.9 Å². The number of ether oxygens (including phenoxy) is 1. The maximum atomic E-state index is 12.5. The van der Waals surface area contributed by atoms with Gasteiger partial charge in [-0.3, -0.25) is 4.79 Å².